The Morgan fingerprint density at radius 2 is 2.00 bits per heavy atom. The summed E-state index contributed by atoms with van der Waals surface area (Å²) in [4.78, 5) is 12.1. The van der Waals surface area contributed by atoms with E-state index < -0.39 is 0 Å². The van der Waals surface area contributed by atoms with Gasteiger partial charge in [0.05, 0.1) is 18.8 Å². The van der Waals surface area contributed by atoms with E-state index in [1.54, 1.807) is 7.11 Å². The highest BCUT2D eigenvalue weighted by Gasteiger charge is 2.09. The van der Waals surface area contributed by atoms with Crippen LogP contribution in [0.1, 0.15) is 28.8 Å². The molecule has 0 saturated heterocycles. The Balaban J connectivity index is 2.25. The Morgan fingerprint density at radius 3 is 2.71 bits per heavy atom. The number of nitrogens with one attached hydrogen (secondary N) is 2. The summed E-state index contributed by atoms with van der Waals surface area (Å²) in [5, 5.41) is 5.99. The maximum atomic E-state index is 12.1. The Morgan fingerprint density at radius 1 is 1.19 bits per heavy atom. The minimum absolute atomic E-state index is 0.0420. The van der Waals surface area contributed by atoms with Gasteiger partial charge in [-0.15, -0.1) is 0 Å². The fourth-order valence-corrected chi connectivity index (χ4v) is 1.93. The van der Waals surface area contributed by atoms with Crippen LogP contribution in [0, 0.1) is 6.92 Å². The van der Waals surface area contributed by atoms with Crippen LogP contribution in [0.5, 0.6) is 0 Å². The van der Waals surface area contributed by atoms with Gasteiger partial charge < -0.3 is 20.1 Å². The van der Waals surface area contributed by atoms with Gasteiger partial charge in [0.15, 0.2) is 0 Å². The van der Waals surface area contributed by atoms with E-state index in [4.69, 9.17) is 9.47 Å². The fraction of sp³-hybridized carbons (Fsp3) is 0.562. The van der Waals surface area contributed by atoms with Crippen LogP contribution < -0.4 is 10.6 Å². The predicted molar refractivity (Wildman–Crippen MR) is 85.0 cm³/mol. The number of hydrogen-bond acceptors (Lipinski definition) is 4. The molecule has 0 bridgehead atoms. The molecule has 0 aromatic heterocycles. The first kappa shape index (κ1) is 17.5. The van der Waals surface area contributed by atoms with Gasteiger partial charge in [-0.05, 0) is 37.5 Å². The van der Waals surface area contributed by atoms with Crippen LogP contribution in [-0.2, 0) is 9.47 Å². The van der Waals surface area contributed by atoms with Crippen molar-refractivity contribution in [2.24, 2.45) is 0 Å². The largest absolute Gasteiger partial charge is 0.387 e. The molecule has 1 rings (SSSR count). The zero-order valence-electron chi connectivity index (χ0n) is 13.2. The lowest BCUT2D eigenvalue weighted by Gasteiger charge is -2.10. The molecule has 0 saturated carbocycles. The van der Waals surface area contributed by atoms with E-state index in [2.05, 4.69) is 10.6 Å². The lowest BCUT2D eigenvalue weighted by Crippen LogP contribution is -2.25. The molecular weight excluding hydrogens is 268 g/mol. The summed E-state index contributed by atoms with van der Waals surface area (Å²) in [6, 6.07) is 5.77. The van der Waals surface area contributed by atoms with Gasteiger partial charge in [0.2, 0.25) is 0 Å². The molecule has 5 nitrogen and oxygen atoms in total. The zero-order valence-corrected chi connectivity index (χ0v) is 13.2. The van der Waals surface area contributed by atoms with Gasteiger partial charge in [-0.2, -0.15) is 0 Å². The molecule has 0 aliphatic heterocycles. The molecule has 21 heavy (non-hydrogen) atoms. The van der Waals surface area contributed by atoms with Crippen molar-refractivity contribution in [1.29, 1.82) is 0 Å². The number of carbonyl (C=O) groups is 1. The van der Waals surface area contributed by atoms with Crippen LogP contribution >= 0.6 is 0 Å². The normalized spacial score (nSPS) is 10.4. The molecule has 2 N–H and O–H groups in total. The van der Waals surface area contributed by atoms with E-state index in [9.17, 15) is 4.79 Å². The maximum Gasteiger partial charge on any atom is 0.253 e. The lowest BCUT2D eigenvalue weighted by atomic mass is 10.1. The topological polar surface area (TPSA) is 59.6 Å². The van der Waals surface area contributed by atoms with E-state index in [0.29, 0.717) is 31.9 Å². The van der Waals surface area contributed by atoms with Gasteiger partial charge in [-0.25, -0.2) is 0 Å². The van der Waals surface area contributed by atoms with Crippen molar-refractivity contribution in [2.45, 2.75) is 19.8 Å². The number of amides is 1. The molecule has 118 valence electrons. The highest BCUT2D eigenvalue weighted by Crippen LogP contribution is 2.16. The standard InChI is InChI=1S/C16H26N2O3/c1-13-6-7-14(15(12-13)17-2)16(19)18-8-4-5-9-21-11-10-20-3/h6-7,12,17H,4-5,8-11H2,1-3H3,(H,18,19). The Kier molecular flexibility index (Phi) is 8.47. The van der Waals surface area contributed by atoms with E-state index in [1.807, 2.05) is 32.2 Å². The van der Waals surface area contributed by atoms with Crippen molar-refractivity contribution >= 4 is 11.6 Å². The van der Waals surface area contributed by atoms with Gasteiger partial charge in [0.1, 0.15) is 0 Å². The molecule has 0 atom stereocenters. The second kappa shape index (κ2) is 10.2. The van der Waals surface area contributed by atoms with E-state index in [-0.39, 0.29) is 5.91 Å². The number of aryl methyl sites for hydroxylation is 1. The van der Waals surface area contributed by atoms with Gasteiger partial charge in [-0.3, -0.25) is 4.79 Å². The van der Waals surface area contributed by atoms with Gasteiger partial charge in [0, 0.05) is 33.0 Å². The molecule has 1 aromatic carbocycles. The second-order valence-corrected chi connectivity index (χ2v) is 4.87. The monoisotopic (exact) mass is 294 g/mol. The molecule has 1 aromatic rings. The third kappa shape index (κ3) is 6.60. The van der Waals surface area contributed by atoms with Crippen molar-refractivity contribution in [3.8, 4) is 0 Å². The molecule has 0 aliphatic rings. The SMILES string of the molecule is CNc1cc(C)ccc1C(=O)NCCCCOCCOC. The number of carbonyl (C=O) groups excluding carboxylic acids is 1. The molecule has 5 heteroatoms. The van der Waals surface area contributed by atoms with Gasteiger partial charge in [0.25, 0.3) is 5.91 Å². The molecule has 0 heterocycles. The highest BCUT2D eigenvalue weighted by atomic mass is 16.5. The summed E-state index contributed by atoms with van der Waals surface area (Å²) in [5.74, 6) is -0.0420. The summed E-state index contributed by atoms with van der Waals surface area (Å²) in [5.41, 5.74) is 2.67. The van der Waals surface area contributed by atoms with Crippen LogP contribution in [0.4, 0.5) is 5.69 Å². The summed E-state index contributed by atoms with van der Waals surface area (Å²) in [6.45, 7) is 4.61. The number of hydrogen-bond donors (Lipinski definition) is 2. The quantitative estimate of drug-likeness (QED) is 0.650. The summed E-state index contributed by atoms with van der Waals surface area (Å²) < 4.78 is 10.3. The van der Waals surface area contributed by atoms with Crippen molar-refractivity contribution in [1.82, 2.24) is 5.32 Å². The van der Waals surface area contributed by atoms with Crippen LogP contribution in [0.15, 0.2) is 18.2 Å². The molecule has 0 spiro atoms. The average Bonchev–Trinajstić information content (AvgIpc) is 2.49. The van der Waals surface area contributed by atoms with Crippen molar-refractivity contribution < 1.29 is 14.3 Å². The Labute approximate surface area is 127 Å². The van der Waals surface area contributed by atoms with E-state index in [0.717, 1.165) is 24.1 Å². The van der Waals surface area contributed by atoms with Crippen LogP contribution in [0.3, 0.4) is 0 Å². The smallest absolute Gasteiger partial charge is 0.253 e. The number of ether oxygens (including phenoxy) is 2. The molecule has 0 radical (unpaired) electrons. The summed E-state index contributed by atoms with van der Waals surface area (Å²) in [6.07, 6.45) is 1.83. The van der Waals surface area contributed by atoms with E-state index >= 15 is 0 Å². The maximum absolute atomic E-state index is 12.1. The number of unbranched alkanes of at least 4 members (excludes halogenated alkanes) is 1. The number of benzene rings is 1. The zero-order chi connectivity index (χ0) is 15.5. The average molecular weight is 294 g/mol. The second-order valence-electron chi connectivity index (χ2n) is 4.87. The third-order valence-corrected chi connectivity index (χ3v) is 3.12. The first-order valence-corrected chi connectivity index (χ1v) is 7.32. The Bertz CT molecular complexity index is 436. The molecule has 0 aliphatic carbocycles. The van der Waals surface area contributed by atoms with Crippen molar-refractivity contribution in [2.75, 3.05) is 45.8 Å². The van der Waals surface area contributed by atoms with Crippen LogP contribution in [-0.4, -0.2) is 46.4 Å². The van der Waals surface area contributed by atoms with Crippen LogP contribution in [0.25, 0.3) is 0 Å². The summed E-state index contributed by atoms with van der Waals surface area (Å²) >= 11 is 0. The van der Waals surface area contributed by atoms with Crippen LogP contribution in [0.2, 0.25) is 0 Å². The molecule has 1 amide bonds. The van der Waals surface area contributed by atoms with E-state index in [1.165, 1.54) is 0 Å². The first-order valence-electron chi connectivity index (χ1n) is 7.32. The number of rotatable bonds is 10. The van der Waals surface area contributed by atoms with Crippen molar-refractivity contribution in [3.05, 3.63) is 29.3 Å². The van der Waals surface area contributed by atoms with Gasteiger partial charge >= 0.3 is 0 Å². The fourth-order valence-electron chi connectivity index (χ4n) is 1.93. The number of anilines is 1. The van der Waals surface area contributed by atoms with Gasteiger partial charge in [-0.1, -0.05) is 6.07 Å². The minimum atomic E-state index is -0.0420. The highest BCUT2D eigenvalue weighted by molar-refractivity contribution is 5.99. The minimum Gasteiger partial charge on any atom is -0.387 e. The molecule has 0 unspecified atom stereocenters. The number of methoxy groups -OCH3 is 1. The van der Waals surface area contributed by atoms with Crippen molar-refractivity contribution in [3.63, 3.8) is 0 Å². The first-order chi connectivity index (χ1) is 10.2. The third-order valence-electron chi connectivity index (χ3n) is 3.12. The summed E-state index contributed by atoms with van der Waals surface area (Å²) in [7, 11) is 3.48. The Hall–Kier alpha value is -1.59. The molecular formula is C16H26N2O3. The molecule has 0 fully saturated rings. The lowest BCUT2D eigenvalue weighted by molar-refractivity contribution is 0.0686. The predicted octanol–water partition coefficient (Wildman–Crippen LogP) is 2.21.